The van der Waals surface area contributed by atoms with Gasteiger partial charge in [0.05, 0.1) is 13.7 Å². The minimum Gasteiger partial charge on any atom is -0.497 e. The van der Waals surface area contributed by atoms with E-state index in [0.717, 1.165) is 18.7 Å². The maximum absolute atomic E-state index is 11.9. The summed E-state index contributed by atoms with van der Waals surface area (Å²) >= 11 is 0. The van der Waals surface area contributed by atoms with E-state index >= 15 is 0 Å². The van der Waals surface area contributed by atoms with Gasteiger partial charge in [0.25, 0.3) is 0 Å². The number of hydrogen-bond donors (Lipinski definition) is 1. The highest BCUT2D eigenvalue weighted by atomic mass is 16.5. The lowest BCUT2D eigenvalue weighted by atomic mass is 10.1. The van der Waals surface area contributed by atoms with Gasteiger partial charge in [-0.25, -0.2) is 0 Å². The van der Waals surface area contributed by atoms with Crippen LogP contribution in [0.25, 0.3) is 0 Å². The Morgan fingerprint density at radius 3 is 2.90 bits per heavy atom. The fraction of sp³-hybridized carbons (Fsp3) is 0.562. The maximum atomic E-state index is 11.9. The van der Waals surface area contributed by atoms with Gasteiger partial charge in [0.1, 0.15) is 5.75 Å². The van der Waals surface area contributed by atoms with Crippen LogP contribution in [0.5, 0.6) is 5.75 Å². The molecule has 0 saturated heterocycles. The third-order valence-corrected chi connectivity index (χ3v) is 3.69. The summed E-state index contributed by atoms with van der Waals surface area (Å²) in [4.78, 5) is 14.1. The highest BCUT2D eigenvalue weighted by Gasteiger charge is 2.28. The van der Waals surface area contributed by atoms with Gasteiger partial charge < -0.3 is 10.1 Å². The molecule has 0 atom stereocenters. The summed E-state index contributed by atoms with van der Waals surface area (Å²) in [7, 11) is 1.66. The summed E-state index contributed by atoms with van der Waals surface area (Å²) in [6.07, 6.45) is 3.31. The standard InChI is InChI=1S/C16H24N2O2/c1-3-18(14-7-8-14)12-16(19)17-10-9-13-5-4-6-15(11-13)20-2/h4-6,11,14H,3,7-10,12H2,1-2H3,(H,17,19). The maximum Gasteiger partial charge on any atom is 0.234 e. The monoisotopic (exact) mass is 276 g/mol. The van der Waals surface area contributed by atoms with Crippen LogP contribution in [0.4, 0.5) is 0 Å². The van der Waals surface area contributed by atoms with E-state index in [9.17, 15) is 4.79 Å². The van der Waals surface area contributed by atoms with Crippen molar-refractivity contribution in [2.24, 2.45) is 0 Å². The van der Waals surface area contributed by atoms with Gasteiger partial charge in [-0.05, 0) is 43.5 Å². The SMILES string of the molecule is CCN(CC(=O)NCCc1cccc(OC)c1)C1CC1. The number of carbonyl (C=O) groups excluding carboxylic acids is 1. The number of hydrogen-bond acceptors (Lipinski definition) is 3. The number of likely N-dealkylation sites (N-methyl/N-ethyl adjacent to an activating group) is 1. The first kappa shape index (κ1) is 14.9. The highest BCUT2D eigenvalue weighted by Crippen LogP contribution is 2.25. The van der Waals surface area contributed by atoms with Gasteiger partial charge in [-0.2, -0.15) is 0 Å². The molecule has 4 nitrogen and oxygen atoms in total. The summed E-state index contributed by atoms with van der Waals surface area (Å²) in [5, 5.41) is 2.99. The minimum absolute atomic E-state index is 0.127. The molecule has 0 aromatic heterocycles. The van der Waals surface area contributed by atoms with Crippen LogP contribution in [-0.2, 0) is 11.2 Å². The molecule has 1 N–H and O–H groups in total. The smallest absolute Gasteiger partial charge is 0.234 e. The second kappa shape index (κ2) is 7.29. The van der Waals surface area contributed by atoms with Gasteiger partial charge in [-0.15, -0.1) is 0 Å². The van der Waals surface area contributed by atoms with Gasteiger partial charge in [0.2, 0.25) is 5.91 Å². The van der Waals surface area contributed by atoms with Crippen LogP contribution < -0.4 is 10.1 Å². The molecule has 110 valence electrons. The zero-order valence-electron chi connectivity index (χ0n) is 12.4. The van der Waals surface area contributed by atoms with Crippen molar-refractivity contribution in [3.8, 4) is 5.75 Å². The van der Waals surface area contributed by atoms with E-state index in [2.05, 4.69) is 23.2 Å². The van der Waals surface area contributed by atoms with E-state index in [1.54, 1.807) is 7.11 Å². The molecule has 0 heterocycles. The number of benzene rings is 1. The first-order valence-electron chi connectivity index (χ1n) is 7.36. The first-order valence-corrected chi connectivity index (χ1v) is 7.36. The van der Waals surface area contributed by atoms with Crippen molar-refractivity contribution in [2.75, 3.05) is 26.7 Å². The Morgan fingerprint density at radius 2 is 2.25 bits per heavy atom. The fourth-order valence-electron chi connectivity index (χ4n) is 2.35. The average Bonchev–Trinajstić information content (AvgIpc) is 3.29. The predicted molar refractivity (Wildman–Crippen MR) is 80.0 cm³/mol. The molecular weight excluding hydrogens is 252 g/mol. The normalized spacial score (nSPS) is 14.3. The molecule has 0 radical (unpaired) electrons. The van der Waals surface area contributed by atoms with Gasteiger partial charge in [0, 0.05) is 12.6 Å². The Bertz CT molecular complexity index is 444. The number of nitrogens with zero attached hydrogens (tertiary/aromatic N) is 1. The molecule has 1 aliphatic carbocycles. The van der Waals surface area contributed by atoms with Crippen LogP contribution in [0.2, 0.25) is 0 Å². The van der Waals surface area contributed by atoms with Crippen LogP contribution >= 0.6 is 0 Å². The number of amides is 1. The molecule has 1 aromatic rings. The minimum atomic E-state index is 0.127. The lowest BCUT2D eigenvalue weighted by molar-refractivity contribution is -0.122. The lowest BCUT2D eigenvalue weighted by Gasteiger charge is -2.18. The molecule has 0 unspecified atom stereocenters. The Hall–Kier alpha value is -1.55. The summed E-state index contributed by atoms with van der Waals surface area (Å²) < 4.78 is 5.19. The molecule has 4 heteroatoms. The zero-order valence-corrected chi connectivity index (χ0v) is 12.4. The summed E-state index contributed by atoms with van der Waals surface area (Å²) in [6, 6.07) is 8.61. The van der Waals surface area contributed by atoms with Crippen molar-refractivity contribution in [2.45, 2.75) is 32.2 Å². The Morgan fingerprint density at radius 1 is 1.45 bits per heavy atom. The van der Waals surface area contributed by atoms with E-state index < -0.39 is 0 Å². The highest BCUT2D eigenvalue weighted by molar-refractivity contribution is 5.78. The fourth-order valence-corrected chi connectivity index (χ4v) is 2.35. The molecule has 1 saturated carbocycles. The van der Waals surface area contributed by atoms with E-state index in [1.165, 1.54) is 18.4 Å². The van der Waals surface area contributed by atoms with Gasteiger partial charge in [-0.3, -0.25) is 9.69 Å². The largest absolute Gasteiger partial charge is 0.497 e. The second-order valence-corrected chi connectivity index (χ2v) is 5.25. The van der Waals surface area contributed by atoms with Crippen molar-refractivity contribution in [3.05, 3.63) is 29.8 Å². The van der Waals surface area contributed by atoms with E-state index in [-0.39, 0.29) is 5.91 Å². The summed E-state index contributed by atoms with van der Waals surface area (Å²) in [6.45, 7) is 4.27. The molecule has 1 amide bonds. The van der Waals surface area contributed by atoms with E-state index in [0.29, 0.717) is 19.1 Å². The average molecular weight is 276 g/mol. The van der Waals surface area contributed by atoms with Crippen molar-refractivity contribution in [1.82, 2.24) is 10.2 Å². The van der Waals surface area contributed by atoms with Crippen molar-refractivity contribution in [3.63, 3.8) is 0 Å². The van der Waals surface area contributed by atoms with Crippen molar-refractivity contribution < 1.29 is 9.53 Å². The number of rotatable bonds is 8. The van der Waals surface area contributed by atoms with Crippen LogP contribution in [0.3, 0.4) is 0 Å². The Kier molecular flexibility index (Phi) is 5.41. The van der Waals surface area contributed by atoms with Crippen molar-refractivity contribution >= 4 is 5.91 Å². The molecule has 20 heavy (non-hydrogen) atoms. The van der Waals surface area contributed by atoms with Gasteiger partial charge >= 0.3 is 0 Å². The Labute approximate surface area is 121 Å². The van der Waals surface area contributed by atoms with Crippen LogP contribution in [0.1, 0.15) is 25.3 Å². The summed E-state index contributed by atoms with van der Waals surface area (Å²) in [5.74, 6) is 0.987. The number of methoxy groups -OCH3 is 1. The molecule has 0 bridgehead atoms. The number of ether oxygens (including phenoxy) is 1. The molecule has 0 aliphatic heterocycles. The molecule has 1 aromatic carbocycles. The lowest BCUT2D eigenvalue weighted by Crippen LogP contribution is -2.39. The molecule has 1 aliphatic rings. The molecule has 1 fully saturated rings. The third-order valence-electron chi connectivity index (χ3n) is 3.69. The topological polar surface area (TPSA) is 41.6 Å². The van der Waals surface area contributed by atoms with E-state index in [4.69, 9.17) is 4.74 Å². The van der Waals surface area contributed by atoms with Crippen molar-refractivity contribution in [1.29, 1.82) is 0 Å². The second-order valence-electron chi connectivity index (χ2n) is 5.25. The van der Waals surface area contributed by atoms with Gasteiger partial charge in [-0.1, -0.05) is 19.1 Å². The third kappa shape index (κ3) is 4.53. The zero-order chi connectivity index (χ0) is 14.4. The molecule has 0 spiro atoms. The van der Waals surface area contributed by atoms with E-state index in [1.807, 2.05) is 18.2 Å². The molecule has 2 rings (SSSR count). The number of carbonyl (C=O) groups is 1. The Balaban J connectivity index is 1.70. The van der Waals surface area contributed by atoms with Crippen LogP contribution in [0, 0.1) is 0 Å². The molecular formula is C16H24N2O2. The van der Waals surface area contributed by atoms with Gasteiger partial charge in [0.15, 0.2) is 0 Å². The van der Waals surface area contributed by atoms with Crippen LogP contribution in [0.15, 0.2) is 24.3 Å². The quantitative estimate of drug-likeness (QED) is 0.787. The predicted octanol–water partition coefficient (Wildman–Crippen LogP) is 1.84. The number of nitrogens with one attached hydrogen (secondary N) is 1. The van der Waals surface area contributed by atoms with Crippen LogP contribution in [-0.4, -0.2) is 43.6 Å². The first-order chi connectivity index (χ1) is 9.72. The summed E-state index contributed by atoms with van der Waals surface area (Å²) in [5.41, 5.74) is 1.18.